The van der Waals surface area contributed by atoms with Crippen molar-refractivity contribution in [3.63, 3.8) is 0 Å². The Kier molecular flexibility index (Phi) is 8.14. The summed E-state index contributed by atoms with van der Waals surface area (Å²) in [5.74, 6) is 3.28. The van der Waals surface area contributed by atoms with Crippen molar-refractivity contribution >= 4 is 0 Å². The largest absolute Gasteiger partial charge is 0.317 e. The van der Waals surface area contributed by atoms with Gasteiger partial charge in [-0.25, -0.2) is 0 Å². The zero-order valence-electron chi connectivity index (χ0n) is 14.7. The second kappa shape index (κ2) is 9.87. The smallest absolute Gasteiger partial charge is 0.00668 e. The van der Waals surface area contributed by atoms with Crippen LogP contribution in [0, 0.1) is 17.8 Å². The summed E-state index contributed by atoms with van der Waals surface area (Å²) in [6, 6.07) is 0.800. The van der Waals surface area contributed by atoms with E-state index in [9.17, 15) is 0 Å². The van der Waals surface area contributed by atoms with Gasteiger partial charge in [0.05, 0.1) is 0 Å². The molecule has 124 valence electrons. The zero-order valence-corrected chi connectivity index (χ0v) is 14.7. The SMILES string of the molecule is CCCCCCCCCCC(CC1CC2CCC1C2)NC. The summed E-state index contributed by atoms with van der Waals surface area (Å²) in [7, 11) is 2.18. The molecule has 0 saturated heterocycles. The van der Waals surface area contributed by atoms with Crippen LogP contribution in [0.3, 0.4) is 0 Å². The molecule has 2 aliphatic carbocycles. The average Bonchev–Trinajstić information content (AvgIpc) is 3.11. The van der Waals surface area contributed by atoms with Crippen LogP contribution in [0.4, 0.5) is 0 Å². The summed E-state index contributed by atoms with van der Waals surface area (Å²) < 4.78 is 0. The van der Waals surface area contributed by atoms with Gasteiger partial charge in [-0.3, -0.25) is 0 Å². The molecule has 2 aliphatic rings. The highest BCUT2D eigenvalue weighted by atomic mass is 14.9. The first kappa shape index (κ1) is 17.3. The van der Waals surface area contributed by atoms with Crippen molar-refractivity contribution in [2.75, 3.05) is 7.05 Å². The van der Waals surface area contributed by atoms with Gasteiger partial charge in [0.2, 0.25) is 0 Å². The van der Waals surface area contributed by atoms with Crippen molar-refractivity contribution in [2.24, 2.45) is 17.8 Å². The van der Waals surface area contributed by atoms with E-state index in [4.69, 9.17) is 0 Å². The van der Waals surface area contributed by atoms with Gasteiger partial charge in [-0.15, -0.1) is 0 Å². The van der Waals surface area contributed by atoms with Gasteiger partial charge in [0.15, 0.2) is 0 Å². The predicted octanol–water partition coefficient (Wildman–Crippen LogP) is 5.93. The second-order valence-corrected chi connectivity index (χ2v) is 7.92. The summed E-state index contributed by atoms with van der Waals surface area (Å²) >= 11 is 0. The van der Waals surface area contributed by atoms with Crippen molar-refractivity contribution in [1.29, 1.82) is 0 Å². The Balaban J connectivity index is 1.48. The van der Waals surface area contributed by atoms with Gasteiger partial charge >= 0.3 is 0 Å². The highest BCUT2D eigenvalue weighted by molar-refractivity contribution is 4.91. The standard InChI is InChI=1S/C20H39N/c1-3-4-5-6-7-8-9-10-11-20(21-2)16-19-15-17-12-13-18(19)14-17/h17-21H,3-16H2,1-2H3. The molecule has 0 aromatic rings. The Morgan fingerprint density at radius 3 is 2.19 bits per heavy atom. The number of hydrogen-bond donors (Lipinski definition) is 1. The first-order valence-electron chi connectivity index (χ1n) is 10.0. The Labute approximate surface area is 133 Å². The molecule has 0 radical (unpaired) electrons. The Morgan fingerprint density at radius 2 is 1.62 bits per heavy atom. The van der Waals surface area contributed by atoms with Gasteiger partial charge in [0, 0.05) is 6.04 Å². The molecule has 2 saturated carbocycles. The minimum Gasteiger partial charge on any atom is -0.317 e. The van der Waals surface area contributed by atoms with E-state index in [1.54, 1.807) is 25.7 Å². The average molecular weight is 294 g/mol. The summed E-state index contributed by atoms with van der Waals surface area (Å²) in [6.45, 7) is 2.30. The number of rotatable bonds is 12. The van der Waals surface area contributed by atoms with Crippen LogP contribution in [-0.2, 0) is 0 Å². The van der Waals surface area contributed by atoms with Gasteiger partial charge in [0.1, 0.15) is 0 Å². The summed E-state index contributed by atoms with van der Waals surface area (Å²) in [4.78, 5) is 0. The third-order valence-electron chi connectivity index (χ3n) is 6.29. The highest BCUT2D eigenvalue weighted by Gasteiger charge is 2.39. The van der Waals surface area contributed by atoms with Crippen LogP contribution in [0.5, 0.6) is 0 Å². The molecule has 0 amide bonds. The van der Waals surface area contributed by atoms with Crippen LogP contribution in [0.1, 0.15) is 96.8 Å². The molecule has 4 atom stereocenters. The summed E-state index contributed by atoms with van der Waals surface area (Å²) in [6.07, 6.45) is 20.7. The minimum absolute atomic E-state index is 0.800. The molecule has 0 aromatic heterocycles. The third kappa shape index (κ3) is 5.93. The van der Waals surface area contributed by atoms with E-state index in [2.05, 4.69) is 19.3 Å². The molecule has 1 N–H and O–H groups in total. The quantitative estimate of drug-likeness (QED) is 0.440. The molecule has 2 rings (SSSR count). The normalized spacial score (nSPS) is 29.1. The highest BCUT2D eigenvalue weighted by Crippen LogP contribution is 2.50. The lowest BCUT2D eigenvalue weighted by atomic mass is 9.83. The fraction of sp³-hybridized carbons (Fsp3) is 1.00. The Bertz CT molecular complexity index is 263. The van der Waals surface area contributed by atoms with Crippen LogP contribution in [0.2, 0.25) is 0 Å². The Morgan fingerprint density at radius 1 is 0.905 bits per heavy atom. The number of unbranched alkanes of at least 4 members (excludes halogenated alkanes) is 7. The van der Waals surface area contributed by atoms with E-state index in [0.29, 0.717) is 0 Å². The maximum absolute atomic E-state index is 3.61. The lowest BCUT2D eigenvalue weighted by Crippen LogP contribution is -2.29. The van der Waals surface area contributed by atoms with E-state index < -0.39 is 0 Å². The molecular weight excluding hydrogens is 254 g/mol. The van der Waals surface area contributed by atoms with Crippen molar-refractivity contribution in [3.8, 4) is 0 Å². The molecule has 0 spiro atoms. The molecule has 0 aromatic carbocycles. The molecule has 4 unspecified atom stereocenters. The number of fused-ring (bicyclic) bond motifs is 2. The van der Waals surface area contributed by atoms with Crippen LogP contribution >= 0.6 is 0 Å². The van der Waals surface area contributed by atoms with Crippen molar-refractivity contribution < 1.29 is 0 Å². The first-order valence-corrected chi connectivity index (χ1v) is 10.0. The fourth-order valence-corrected chi connectivity index (χ4v) is 4.94. The molecular formula is C20H39N. The lowest BCUT2D eigenvalue weighted by Gasteiger charge is -2.26. The maximum atomic E-state index is 3.61. The number of nitrogens with one attached hydrogen (secondary N) is 1. The number of hydrogen-bond acceptors (Lipinski definition) is 1. The topological polar surface area (TPSA) is 12.0 Å². The van der Waals surface area contributed by atoms with Gasteiger partial charge in [-0.05, 0) is 56.9 Å². The zero-order chi connectivity index (χ0) is 14.9. The first-order chi connectivity index (χ1) is 10.3. The van der Waals surface area contributed by atoms with Crippen molar-refractivity contribution in [2.45, 2.75) is 103 Å². The van der Waals surface area contributed by atoms with Gasteiger partial charge in [-0.2, -0.15) is 0 Å². The van der Waals surface area contributed by atoms with Gasteiger partial charge < -0.3 is 5.32 Å². The summed E-state index contributed by atoms with van der Waals surface area (Å²) in [5, 5.41) is 3.61. The fourth-order valence-electron chi connectivity index (χ4n) is 4.94. The molecule has 0 aliphatic heterocycles. The molecule has 1 nitrogen and oxygen atoms in total. The molecule has 0 heterocycles. The second-order valence-electron chi connectivity index (χ2n) is 7.92. The van der Waals surface area contributed by atoms with E-state index in [-0.39, 0.29) is 0 Å². The monoisotopic (exact) mass is 293 g/mol. The van der Waals surface area contributed by atoms with Crippen molar-refractivity contribution in [1.82, 2.24) is 5.32 Å². The van der Waals surface area contributed by atoms with E-state index in [0.717, 1.165) is 23.8 Å². The van der Waals surface area contributed by atoms with E-state index in [1.807, 2.05) is 0 Å². The molecule has 2 fully saturated rings. The van der Waals surface area contributed by atoms with Crippen LogP contribution < -0.4 is 5.32 Å². The van der Waals surface area contributed by atoms with Crippen molar-refractivity contribution in [3.05, 3.63) is 0 Å². The molecule has 2 bridgehead atoms. The van der Waals surface area contributed by atoms with Gasteiger partial charge in [0.25, 0.3) is 0 Å². The maximum Gasteiger partial charge on any atom is 0.00668 e. The third-order valence-corrected chi connectivity index (χ3v) is 6.29. The van der Waals surface area contributed by atoms with E-state index >= 15 is 0 Å². The van der Waals surface area contributed by atoms with E-state index in [1.165, 1.54) is 64.2 Å². The lowest BCUT2D eigenvalue weighted by molar-refractivity contribution is 0.274. The van der Waals surface area contributed by atoms with Crippen LogP contribution in [0.25, 0.3) is 0 Å². The minimum atomic E-state index is 0.800. The molecule has 1 heteroatoms. The molecule has 21 heavy (non-hydrogen) atoms. The van der Waals surface area contributed by atoms with Gasteiger partial charge in [-0.1, -0.05) is 64.7 Å². The predicted molar refractivity (Wildman–Crippen MR) is 93.6 cm³/mol. The Hall–Kier alpha value is -0.0400. The van der Waals surface area contributed by atoms with Crippen LogP contribution in [-0.4, -0.2) is 13.1 Å². The van der Waals surface area contributed by atoms with Crippen LogP contribution in [0.15, 0.2) is 0 Å². The summed E-state index contributed by atoms with van der Waals surface area (Å²) in [5.41, 5.74) is 0.